The number of para-hydroxylation sites is 1. The number of carbonyl (C=O) groups is 3. The van der Waals surface area contributed by atoms with Gasteiger partial charge in [-0.25, -0.2) is 9.67 Å². The van der Waals surface area contributed by atoms with Gasteiger partial charge in [-0.2, -0.15) is 0 Å². The Morgan fingerprint density at radius 3 is 2.57 bits per heavy atom. The summed E-state index contributed by atoms with van der Waals surface area (Å²) in [6.07, 6.45) is 3.07. The Morgan fingerprint density at radius 1 is 1.18 bits per heavy atom. The fraction of sp³-hybridized carbons (Fsp3) is 0.421. The van der Waals surface area contributed by atoms with E-state index in [0.29, 0.717) is 30.2 Å². The minimum absolute atomic E-state index is 0.0927. The van der Waals surface area contributed by atoms with E-state index < -0.39 is 0 Å². The van der Waals surface area contributed by atoms with Crippen molar-refractivity contribution >= 4 is 29.3 Å². The van der Waals surface area contributed by atoms with Gasteiger partial charge in [0.05, 0.1) is 10.7 Å². The van der Waals surface area contributed by atoms with Crippen LogP contribution in [0.4, 0.5) is 0 Å². The molecule has 2 aliphatic rings. The summed E-state index contributed by atoms with van der Waals surface area (Å²) in [5.74, 6) is 0.446. The predicted molar refractivity (Wildman–Crippen MR) is 101 cm³/mol. The third-order valence-electron chi connectivity index (χ3n) is 4.86. The molecule has 3 amide bonds. The molecule has 0 bridgehead atoms. The highest BCUT2D eigenvalue weighted by Gasteiger charge is 2.32. The Bertz CT molecular complexity index is 921. The van der Waals surface area contributed by atoms with E-state index in [9.17, 15) is 14.4 Å². The number of halogens is 1. The molecule has 8 nitrogen and oxygen atoms in total. The fourth-order valence-corrected chi connectivity index (χ4v) is 3.43. The minimum Gasteiger partial charge on any atom is -0.349 e. The standard InChI is InChI=1S/C19H20ClN5O3/c20-13-4-1-2-5-14(13)25-18(12-6-7-12)22-17(23-25)19(28)21-10-3-11-24-15(26)8-9-16(24)27/h1-2,4-5,12H,3,6-11H2,(H,21,28). The second-order valence-corrected chi connectivity index (χ2v) is 7.39. The zero-order valence-corrected chi connectivity index (χ0v) is 16.0. The van der Waals surface area contributed by atoms with Gasteiger partial charge >= 0.3 is 0 Å². The first-order chi connectivity index (χ1) is 13.5. The van der Waals surface area contributed by atoms with Gasteiger partial charge in [0.1, 0.15) is 5.82 Å². The first-order valence-corrected chi connectivity index (χ1v) is 9.75. The van der Waals surface area contributed by atoms with Crippen LogP contribution in [0.5, 0.6) is 0 Å². The molecule has 0 radical (unpaired) electrons. The Kier molecular flexibility index (Phi) is 5.13. The summed E-state index contributed by atoms with van der Waals surface area (Å²) in [6, 6.07) is 7.31. The molecule has 1 saturated heterocycles. The van der Waals surface area contributed by atoms with Gasteiger partial charge in [-0.3, -0.25) is 19.3 Å². The maximum atomic E-state index is 12.5. The van der Waals surface area contributed by atoms with Crippen LogP contribution in [0.2, 0.25) is 5.02 Å². The van der Waals surface area contributed by atoms with Gasteiger partial charge in [0.15, 0.2) is 0 Å². The Balaban J connectivity index is 1.41. The lowest BCUT2D eigenvalue weighted by molar-refractivity contribution is -0.138. The molecular formula is C19H20ClN5O3. The highest BCUT2D eigenvalue weighted by molar-refractivity contribution is 6.32. The first-order valence-electron chi connectivity index (χ1n) is 9.38. The SMILES string of the molecule is O=C(NCCCN1C(=O)CCC1=O)c1nc(C2CC2)n(-c2ccccc2Cl)n1. The van der Waals surface area contributed by atoms with E-state index in [0.717, 1.165) is 18.7 Å². The molecule has 1 saturated carbocycles. The number of amides is 3. The van der Waals surface area contributed by atoms with Gasteiger partial charge in [-0.15, -0.1) is 5.10 Å². The molecule has 2 aromatic rings. The normalized spacial score (nSPS) is 16.7. The summed E-state index contributed by atoms with van der Waals surface area (Å²) in [5, 5.41) is 7.67. The third-order valence-corrected chi connectivity index (χ3v) is 5.18. The summed E-state index contributed by atoms with van der Waals surface area (Å²) < 4.78 is 1.65. The average molecular weight is 402 g/mol. The van der Waals surface area contributed by atoms with Gasteiger partial charge in [-0.1, -0.05) is 23.7 Å². The first kappa shape index (κ1) is 18.6. The third kappa shape index (κ3) is 3.77. The molecule has 28 heavy (non-hydrogen) atoms. The van der Waals surface area contributed by atoms with Crippen molar-refractivity contribution in [3.63, 3.8) is 0 Å². The maximum absolute atomic E-state index is 12.5. The molecule has 0 unspecified atom stereocenters. The van der Waals surface area contributed by atoms with Gasteiger partial charge in [0, 0.05) is 31.8 Å². The molecule has 0 spiro atoms. The topological polar surface area (TPSA) is 97.2 Å². The number of nitrogens with zero attached hydrogens (tertiary/aromatic N) is 4. The minimum atomic E-state index is -0.383. The van der Waals surface area contributed by atoms with Crippen LogP contribution in [0.15, 0.2) is 24.3 Å². The van der Waals surface area contributed by atoms with Crippen LogP contribution in [0.25, 0.3) is 5.69 Å². The van der Waals surface area contributed by atoms with Crippen molar-refractivity contribution < 1.29 is 14.4 Å². The zero-order chi connectivity index (χ0) is 19.7. The fourth-order valence-electron chi connectivity index (χ4n) is 3.22. The van der Waals surface area contributed by atoms with Gasteiger partial charge < -0.3 is 5.32 Å². The van der Waals surface area contributed by atoms with E-state index in [-0.39, 0.29) is 42.3 Å². The summed E-state index contributed by atoms with van der Waals surface area (Å²) >= 11 is 6.28. The molecule has 4 rings (SSSR count). The Hall–Kier alpha value is -2.74. The number of hydrogen-bond acceptors (Lipinski definition) is 5. The van der Waals surface area contributed by atoms with Crippen molar-refractivity contribution in [3.05, 3.63) is 40.9 Å². The number of nitrogens with one attached hydrogen (secondary N) is 1. The Labute approximate surface area is 166 Å². The summed E-state index contributed by atoms with van der Waals surface area (Å²) in [4.78, 5) is 41.3. The lowest BCUT2D eigenvalue weighted by Gasteiger charge is -2.13. The molecular weight excluding hydrogens is 382 g/mol. The molecule has 1 aliphatic heterocycles. The monoisotopic (exact) mass is 401 g/mol. The molecule has 146 valence electrons. The zero-order valence-electron chi connectivity index (χ0n) is 15.2. The molecule has 1 aromatic heterocycles. The van der Waals surface area contributed by atoms with Crippen molar-refractivity contribution in [2.45, 2.75) is 38.0 Å². The molecule has 1 aromatic carbocycles. The largest absolute Gasteiger partial charge is 0.349 e. The number of benzene rings is 1. The predicted octanol–water partition coefficient (Wildman–Crippen LogP) is 2.07. The summed E-state index contributed by atoms with van der Waals surface area (Å²) in [6.45, 7) is 0.641. The van der Waals surface area contributed by atoms with Crippen molar-refractivity contribution in [1.82, 2.24) is 25.0 Å². The van der Waals surface area contributed by atoms with Crippen LogP contribution < -0.4 is 5.32 Å². The van der Waals surface area contributed by atoms with Crippen LogP contribution in [-0.2, 0) is 9.59 Å². The van der Waals surface area contributed by atoms with Gasteiger partial charge in [0.25, 0.3) is 5.91 Å². The van der Waals surface area contributed by atoms with Crippen molar-refractivity contribution in [3.8, 4) is 5.69 Å². The van der Waals surface area contributed by atoms with E-state index in [2.05, 4.69) is 15.4 Å². The van der Waals surface area contributed by atoms with Gasteiger partial charge in [0.2, 0.25) is 17.6 Å². The van der Waals surface area contributed by atoms with E-state index in [1.807, 2.05) is 18.2 Å². The van der Waals surface area contributed by atoms with Crippen molar-refractivity contribution in [2.24, 2.45) is 0 Å². The van der Waals surface area contributed by atoms with Crippen LogP contribution >= 0.6 is 11.6 Å². The van der Waals surface area contributed by atoms with E-state index in [4.69, 9.17) is 11.6 Å². The average Bonchev–Trinajstić information content (AvgIpc) is 3.36. The van der Waals surface area contributed by atoms with Crippen LogP contribution in [0.1, 0.15) is 54.5 Å². The highest BCUT2D eigenvalue weighted by Crippen LogP contribution is 2.40. The second-order valence-electron chi connectivity index (χ2n) is 6.98. The van der Waals surface area contributed by atoms with Crippen molar-refractivity contribution in [1.29, 1.82) is 0 Å². The van der Waals surface area contributed by atoms with E-state index in [1.54, 1.807) is 10.7 Å². The number of rotatable bonds is 7. The second kappa shape index (κ2) is 7.71. The van der Waals surface area contributed by atoms with E-state index in [1.165, 1.54) is 4.90 Å². The maximum Gasteiger partial charge on any atom is 0.290 e. The van der Waals surface area contributed by atoms with Crippen LogP contribution in [0.3, 0.4) is 0 Å². The van der Waals surface area contributed by atoms with Gasteiger partial charge in [-0.05, 0) is 31.4 Å². The molecule has 9 heteroatoms. The lowest BCUT2D eigenvalue weighted by atomic mass is 10.3. The quantitative estimate of drug-likeness (QED) is 0.565. The number of likely N-dealkylation sites (tertiary alicyclic amines) is 1. The smallest absolute Gasteiger partial charge is 0.290 e. The van der Waals surface area contributed by atoms with Crippen LogP contribution in [0, 0.1) is 0 Å². The summed E-state index contributed by atoms with van der Waals surface area (Å²) in [7, 11) is 0. The molecule has 0 atom stereocenters. The van der Waals surface area contributed by atoms with E-state index >= 15 is 0 Å². The molecule has 2 fully saturated rings. The lowest BCUT2D eigenvalue weighted by Crippen LogP contribution is -2.33. The molecule has 1 aliphatic carbocycles. The summed E-state index contributed by atoms with van der Waals surface area (Å²) in [5.41, 5.74) is 0.698. The number of aromatic nitrogens is 3. The number of imide groups is 1. The number of hydrogen-bond donors (Lipinski definition) is 1. The molecule has 1 N–H and O–H groups in total. The Morgan fingerprint density at radius 2 is 1.89 bits per heavy atom. The number of carbonyl (C=O) groups excluding carboxylic acids is 3. The molecule has 2 heterocycles. The van der Waals surface area contributed by atoms with Crippen molar-refractivity contribution in [2.75, 3.05) is 13.1 Å². The highest BCUT2D eigenvalue weighted by atomic mass is 35.5. The van der Waals surface area contributed by atoms with Crippen LogP contribution in [-0.4, -0.2) is 50.5 Å².